The summed E-state index contributed by atoms with van der Waals surface area (Å²) >= 11 is 0. The van der Waals surface area contributed by atoms with Crippen molar-refractivity contribution in [3.05, 3.63) is 66.7 Å². The molecule has 4 aliphatic heterocycles. The summed E-state index contributed by atoms with van der Waals surface area (Å²) in [6.07, 6.45) is 2.55. The van der Waals surface area contributed by atoms with Gasteiger partial charge in [-0.2, -0.15) is 10.2 Å². The van der Waals surface area contributed by atoms with Crippen LogP contribution in [-0.4, -0.2) is 43.0 Å². The van der Waals surface area contributed by atoms with E-state index in [1.54, 1.807) is 24.3 Å². The Morgan fingerprint density at radius 2 is 1.55 bits per heavy atom. The minimum Gasteiger partial charge on any atom is -0.357 e. The van der Waals surface area contributed by atoms with Gasteiger partial charge in [0, 0.05) is 0 Å². The Morgan fingerprint density at radius 3 is 2.26 bits per heavy atom. The van der Waals surface area contributed by atoms with Gasteiger partial charge in [-0.25, -0.2) is 4.90 Å². The molecule has 4 heterocycles. The number of benzene rings is 2. The molecule has 0 aromatic heterocycles. The SMILES string of the molecule is O=C1[C@@H]2[C@@H](C(=O)N1c1ccc(N=Nc3ccccc3)cc1)[C@@]1(C3OCCO3)C=C[C@H]2O1. The molecule has 0 saturated carbocycles. The molecular weight excluding hydrogens is 398 g/mol. The maximum Gasteiger partial charge on any atom is 0.241 e. The lowest BCUT2D eigenvalue weighted by molar-refractivity contribution is -0.180. The van der Waals surface area contributed by atoms with Crippen molar-refractivity contribution in [2.45, 2.75) is 18.0 Å². The highest BCUT2D eigenvalue weighted by atomic mass is 16.7. The van der Waals surface area contributed by atoms with E-state index in [2.05, 4.69) is 10.2 Å². The standard InChI is InChI=1S/C23H19N3O5/c27-20-18-17-10-11-23(31-17,22-29-12-13-30-22)19(18)21(28)26(20)16-8-6-15(7-9-16)25-24-14-4-2-1-3-5-14/h1-11,17-19,22H,12-13H2/t17-,18+,19+,23-/m1/s1. The smallest absolute Gasteiger partial charge is 0.241 e. The number of ether oxygens (including phenoxy) is 3. The van der Waals surface area contributed by atoms with Crippen LogP contribution in [0.5, 0.6) is 0 Å². The van der Waals surface area contributed by atoms with Crippen LogP contribution in [0.3, 0.4) is 0 Å². The van der Waals surface area contributed by atoms with Gasteiger partial charge in [0.1, 0.15) is 0 Å². The molecule has 4 aliphatic rings. The number of fused-ring (bicyclic) bond motifs is 5. The highest BCUT2D eigenvalue weighted by molar-refractivity contribution is 6.23. The van der Waals surface area contributed by atoms with Gasteiger partial charge < -0.3 is 14.2 Å². The molecule has 0 aliphatic carbocycles. The minimum atomic E-state index is -1.04. The number of anilines is 1. The van der Waals surface area contributed by atoms with Crippen LogP contribution in [-0.2, 0) is 23.8 Å². The highest BCUT2D eigenvalue weighted by Gasteiger charge is 2.71. The molecule has 2 aromatic carbocycles. The third-order valence-electron chi connectivity index (χ3n) is 6.21. The van der Waals surface area contributed by atoms with Crippen molar-refractivity contribution in [2.75, 3.05) is 18.1 Å². The summed E-state index contributed by atoms with van der Waals surface area (Å²) in [4.78, 5) is 27.8. The van der Waals surface area contributed by atoms with Crippen LogP contribution in [0.15, 0.2) is 77.0 Å². The Labute approximate surface area is 178 Å². The van der Waals surface area contributed by atoms with Gasteiger partial charge in [0.05, 0.1) is 48.2 Å². The maximum absolute atomic E-state index is 13.4. The number of imide groups is 1. The first-order valence-corrected chi connectivity index (χ1v) is 10.2. The van der Waals surface area contributed by atoms with Crippen LogP contribution in [0.25, 0.3) is 0 Å². The topological polar surface area (TPSA) is 89.8 Å². The lowest BCUT2D eigenvalue weighted by atomic mass is 9.76. The van der Waals surface area contributed by atoms with Crippen LogP contribution < -0.4 is 4.90 Å². The molecule has 8 nitrogen and oxygen atoms in total. The summed E-state index contributed by atoms with van der Waals surface area (Å²) in [7, 11) is 0. The number of nitrogens with zero attached hydrogens (tertiary/aromatic N) is 3. The molecule has 2 aromatic rings. The summed E-state index contributed by atoms with van der Waals surface area (Å²) in [5.74, 6) is -1.78. The molecule has 3 fully saturated rings. The van der Waals surface area contributed by atoms with Crippen LogP contribution >= 0.6 is 0 Å². The average molecular weight is 417 g/mol. The van der Waals surface area contributed by atoms with E-state index in [1.807, 2.05) is 42.5 Å². The quantitative estimate of drug-likeness (QED) is 0.433. The largest absolute Gasteiger partial charge is 0.357 e. The Morgan fingerprint density at radius 1 is 0.871 bits per heavy atom. The fraction of sp³-hybridized carbons (Fsp3) is 0.304. The zero-order valence-corrected chi connectivity index (χ0v) is 16.5. The van der Waals surface area contributed by atoms with Crippen molar-refractivity contribution < 1.29 is 23.8 Å². The lowest BCUT2D eigenvalue weighted by Crippen LogP contribution is -2.49. The Hall–Kier alpha value is -3.20. The van der Waals surface area contributed by atoms with Crippen molar-refractivity contribution in [1.82, 2.24) is 0 Å². The van der Waals surface area contributed by atoms with Crippen LogP contribution in [0.2, 0.25) is 0 Å². The lowest BCUT2D eigenvalue weighted by Gasteiger charge is -2.32. The van der Waals surface area contributed by atoms with Crippen molar-refractivity contribution in [3.8, 4) is 0 Å². The van der Waals surface area contributed by atoms with Gasteiger partial charge in [0.2, 0.25) is 11.8 Å². The van der Waals surface area contributed by atoms with Gasteiger partial charge in [-0.15, -0.1) is 0 Å². The maximum atomic E-state index is 13.4. The van der Waals surface area contributed by atoms with E-state index in [4.69, 9.17) is 14.2 Å². The van der Waals surface area contributed by atoms with Crippen LogP contribution in [0.4, 0.5) is 17.1 Å². The molecule has 0 unspecified atom stereocenters. The van der Waals surface area contributed by atoms with Gasteiger partial charge >= 0.3 is 0 Å². The minimum absolute atomic E-state index is 0.261. The van der Waals surface area contributed by atoms with E-state index in [0.29, 0.717) is 24.6 Å². The summed E-state index contributed by atoms with van der Waals surface area (Å²) in [5, 5.41) is 8.40. The zero-order chi connectivity index (χ0) is 21.0. The van der Waals surface area contributed by atoms with E-state index in [-0.39, 0.29) is 11.8 Å². The Kier molecular flexibility index (Phi) is 4.14. The molecule has 156 valence electrons. The molecule has 0 radical (unpaired) electrons. The Bertz CT molecular complexity index is 1090. The fourth-order valence-corrected chi connectivity index (χ4v) is 4.86. The van der Waals surface area contributed by atoms with Crippen molar-refractivity contribution in [3.63, 3.8) is 0 Å². The Balaban J connectivity index is 1.26. The first-order valence-electron chi connectivity index (χ1n) is 10.2. The third-order valence-corrected chi connectivity index (χ3v) is 6.21. The normalized spacial score (nSPS) is 32.0. The molecule has 2 bridgehead atoms. The average Bonchev–Trinajstić information content (AvgIpc) is 3.58. The molecule has 0 N–H and O–H groups in total. The van der Waals surface area contributed by atoms with Crippen LogP contribution in [0, 0.1) is 11.8 Å². The highest BCUT2D eigenvalue weighted by Crippen LogP contribution is 2.55. The number of carbonyl (C=O) groups is 2. The molecule has 3 saturated heterocycles. The predicted molar refractivity (Wildman–Crippen MR) is 109 cm³/mol. The predicted octanol–water partition coefficient (Wildman–Crippen LogP) is 3.29. The van der Waals surface area contributed by atoms with E-state index >= 15 is 0 Å². The summed E-state index contributed by atoms with van der Waals surface area (Å²) < 4.78 is 17.4. The molecule has 31 heavy (non-hydrogen) atoms. The fourth-order valence-electron chi connectivity index (χ4n) is 4.86. The number of hydrogen-bond acceptors (Lipinski definition) is 7. The first-order chi connectivity index (χ1) is 15.2. The second-order valence-corrected chi connectivity index (χ2v) is 7.94. The second-order valence-electron chi connectivity index (χ2n) is 7.94. The number of hydrogen-bond donors (Lipinski definition) is 0. The first kappa shape index (κ1) is 18.6. The number of azo groups is 1. The number of rotatable bonds is 4. The monoisotopic (exact) mass is 417 g/mol. The van der Waals surface area contributed by atoms with Gasteiger partial charge in [0.15, 0.2) is 11.9 Å². The van der Waals surface area contributed by atoms with E-state index in [1.165, 1.54) is 4.90 Å². The van der Waals surface area contributed by atoms with Crippen molar-refractivity contribution in [1.29, 1.82) is 0 Å². The molecule has 2 amide bonds. The number of carbonyl (C=O) groups excluding carboxylic acids is 2. The van der Waals surface area contributed by atoms with Crippen molar-refractivity contribution in [2.24, 2.45) is 22.1 Å². The van der Waals surface area contributed by atoms with Gasteiger partial charge in [-0.05, 0) is 42.5 Å². The van der Waals surface area contributed by atoms with Gasteiger partial charge in [-0.1, -0.05) is 24.3 Å². The third kappa shape index (κ3) is 2.72. The van der Waals surface area contributed by atoms with E-state index in [0.717, 1.165) is 5.69 Å². The van der Waals surface area contributed by atoms with Crippen molar-refractivity contribution >= 4 is 28.9 Å². The van der Waals surface area contributed by atoms with Gasteiger partial charge in [0.25, 0.3) is 0 Å². The van der Waals surface area contributed by atoms with Crippen LogP contribution in [0.1, 0.15) is 0 Å². The number of amides is 2. The summed E-state index contributed by atoms with van der Waals surface area (Å²) in [5.41, 5.74) is 0.831. The zero-order valence-electron chi connectivity index (χ0n) is 16.5. The van der Waals surface area contributed by atoms with E-state index in [9.17, 15) is 9.59 Å². The molecule has 0 spiro atoms. The molecule has 6 rings (SSSR count). The molecule has 8 heteroatoms. The second kappa shape index (κ2) is 6.91. The molecule has 4 atom stereocenters. The summed E-state index contributed by atoms with van der Waals surface area (Å²) in [6, 6.07) is 16.3. The molecular formula is C23H19N3O5. The van der Waals surface area contributed by atoms with E-state index < -0.39 is 29.8 Å². The summed E-state index contributed by atoms with van der Waals surface area (Å²) in [6.45, 7) is 0.882. The van der Waals surface area contributed by atoms with Gasteiger partial charge in [-0.3, -0.25) is 9.59 Å².